The van der Waals surface area contributed by atoms with Crippen molar-refractivity contribution in [3.05, 3.63) is 73.4 Å². The minimum atomic E-state index is -3.29. The summed E-state index contributed by atoms with van der Waals surface area (Å²) in [6.45, 7) is 11.0. The van der Waals surface area contributed by atoms with Crippen LogP contribution in [-0.2, 0) is 38.1 Å². The number of carbonyl (C=O) groups is 5. The molecule has 1 aromatic carbocycles. The molecule has 0 saturated heterocycles. The molecule has 0 N–H and O–H groups in total. The summed E-state index contributed by atoms with van der Waals surface area (Å²) in [5.74, 6) is -6.06. The zero-order valence-corrected chi connectivity index (χ0v) is 16.0. The number of ether oxygens (including phenoxy) is 5. The molecule has 0 aliphatic carbocycles. The van der Waals surface area contributed by atoms with Gasteiger partial charge in [0, 0.05) is 18.2 Å². The van der Waals surface area contributed by atoms with Crippen molar-refractivity contribution in [1.29, 1.82) is 0 Å². The Balaban J connectivity index is 3.43. The maximum Gasteiger partial charge on any atom is 0.620 e. The Hall–Kier alpha value is -4.21. The minimum Gasteiger partial charge on any atom is -0.462 e. The Bertz CT molecular complexity index is 828. The molecule has 0 atom stereocenters. The zero-order valence-electron chi connectivity index (χ0n) is 16.0. The van der Waals surface area contributed by atoms with Gasteiger partial charge in [-0.15, -0.1) is 0 Å². The Morgan fingerprint density at radius 1 is 0.767 bits per heavy atom. The van der Waals surface area contributed by atoms with Crippen LogP contribution in [0.5, 0.6) is 0 Å². The summed E-state index contributed by atoms with van der Waals surface area (Å²) < 4.78 is 23.8. The van der Waals surface area contributed by atoms with Gasteiger partial charge >= 0.3 is 36.0 Å². The molecule has 0 amide bonds. The van der Waals surface area contributed by atoms with E-state index >= 15 is 0 Å². The van der Waals surface area contributed by atoms with Crippen molar-refractivity contribution >= 4 is 29.8 Å². The van der Waals surface area contributed by atoms with Crippen LogP contribution < -0.4 is 0 Å². The van der Waals surface area contributed by atoms with Gasteiger partial charge in [0.1, 0.15) is 0 Å². The number of carbonyl (C=O) groups excluding carboxylic acids is 5. The van der Waals surface area contributed by atoms with Gasteiger partial charge in [-0.05, 0) is 19.1 Å². The Morgan fingerprint density at radius 2 is 1.17 bits per heavy atom. The summed E-state index contributed by atoms with van der Waals surface area (Å²) in [6.07, 6.45) is -1.42. The fourth-order valence-corrected chi connectivity index (χ4v) is 1.84. The van der Waals surface area contributed by atoms with Gasteiger partial charge < -0.3 is 23.7 Å². The summed E-state index contributed by atoms with van der Waals surface area (Å²) in [5, 5.41) is 0. The Morgan fingerprint density at radius 3 is 1.53 bits per heavy atom. The highest BCUT2D eigenvalue weighted by Crippen LogP contribution is 2.23. The first-order chi connectivity index (χ1) is 14.2. The van der Waals surface area contributed by atoms with E-state index in [1.807, 2.05) is 0 Å². The monoisotopic (exact) mass is 418 g/mol. The molecular formula is C20H18O10. The highest BCUT2D eigenvalue weighted by atomic mass is 17.0. The van der Waals surface area contributed by atoms with E-state index in [2.05, 4.69) is 33.9 Å². The highest BCUT2D eigenvalue weighted by Gasteiger charge is 2.49. The lowest BCUT2D eigenvalue weighted by atomic mass is 10.1. The van der Waals surface area contributed by atoms with Gasteiger partial charge in [0.05, 0.1) is 17.7 Å². The van der Waals surface area contributed by atoms with E-state index < -0.39 is 36.0 Å². The molecule has 158 valence electrons. The van der Waals surface area contributed by atoms with Crippen LogP contribution >= 0.6 is 0 Å². The molecule has 0 aliphatic heterocycles. The molecule has 0 fully saturated rings. The topological polar surface area (TPSA) is 132 Å². The van der Waals surface area contributed by atoms with Gasteiger partial charge in [0.2, 0.25) is 0 Å². The van der Waals surface area contributed by atoms with Gasteiger partial charge in [0.15, 0.2) is 0 Å². The standard InChI is InChI=1S/C20H18O10/c1-5-15(21)27-20(28-16(22)6-2,29-17(23)7-3)30-19(25)14-12-10-9-11-13(14)18(24)26-8-4/h5-7,9-12H,1-3,8H2,4H3. The largest absolute Gasteiger partial charge is 0.620 e. The molecule has 0 bridgehead atoms. The lowest BCUT2D eigenvalue weighted by Crippen LogP contribution is -2.47. The molecule has 30 heavy (non-hydrogen) atoms. The first kappa shape index (κ1) is 23.8. The molecule has 10 heteroatoms. The third kappa shape index (κ3) is 6.44. The van der Waals surface area contributed by atoms with E-state index in [1.165, 1.54) is 24.3 Å². The van der Waals surface area contributed by atoms with Crippen molar-refractivity contribution in [3.63, 3.8) is 0 Å². The van der Waals surface area contributed by atoms with E-state index in [4.69, 9.17) is 9.47 Å². The predicted octanol–water partition coefficient (Wildman–Crippen LogP) is 1.82. The van der Waals surface area contributed by atoms with E-state index in [0.29, 0.717) is 18.2 Å². The molecular weight excluding hydrogens is 400 g/mol. The van der Waals surface area contributed by atoms with Crippen LogP contribution in [-0.4, -0.2) is 42.6 Å². The van der Waals surface area contributed by atoms with Crippen molar-refractivity contribution in [2.45, 2.75) is 13.1 Å². The van der Waals surface area contributed by atoms with Crippen molar-refractivity contribution in [2.24, 2.45) is 0 Å². The molecule has 0 aromatic heterocycles. The van der Waals surface area contributed by atoms with Gasteiger partial charge in [-0.3, -0.25) is 0 Å². The molecule has 0 heterocycles. The fraction of sp³-hybridized carbons (Fsp3) is 0.150. The number of hydrogen-bond donors (Lipinski definition) is 0. The first-order valence-electron chi connectivity index (χ1n) is 8.27. The van der Waals surface area contributed by atoms with E-state index in [1.54, 1.807) is 6.92 Å². The number of rotatable bonds is 10. The predicted molar refractivity (Wildman–Crippen MR) is 99.4 cm³/mol. The summed E-state index contributed by atoms with van der Waals surface area (Å²) in [4.78, 5) is 59.9. The van der Waals surface area contributed by atoms with E-state index in [9.17, 15) is 24.0 Å². The molecule has 0 radical (unpaired) electrons. The first-order valence-corrected chi connectivity index (χ1v) is 8.27. The summed E-state index contributed by atoms with van der Waals surface area (Å²) in [6, 6.07) is 5.28. The van der Waals surface area contributed by atoms with Crippen molar-refractivity contribution < 1.29 is 47.7 Å². The molecule has 0 saturated carbocycles. The number of benzene rings is 1. The minimum absolute atomic E-state index is 0.0248. The average molecular weight is 418 g/mol. The van der Waals surface area contributed by atoms with Crippen LogP contribution in [0, 0.1) is 0 Å². The molecule has 0 aliphatic rings. The third-order valence-electron chi connectivity index (χ3n) is 3.04. The van der Waals surface area contributed by atoms with Crippen LogP contribution in [0.25, 0.3) is 0 Å². The van der Waals surface area contributed by atoms with E-state index in [0.717, 1.165) is 0 Å². The quantitative estimate of drug-likeness (QED) is 0.315. The van der Waals surface area contributed by atoms with Crippen LogP contribution in [0.1, 0.15) is 27.6 Å². The Kier molecular flexibility index (Phi) is 8.70. The van der Waals surface area contributed by atoms with Crippen LogP contribution in [0.4, 0.5) is 0 Å². The second-order valence-electron chi connectivity index (χ2n) is 5.03. The third-order valence-corrected chi connectivity index (χ3v) is 3.04. The van der Waals surface area contributed by atoms with Crippen LogP contribution in [0.2, 0.25) is 0 Å². The maximum atomic E-state index is 12.7. The van der Waals surface area contributed by atoms with Gasteiger partial charge in [0.25, 0.3) is 0 Å². The van der Waals surface area contributed by atoms with Crippen LogP contribution in [0.15, 0.2) is 62.2 Å². The van der Waals surface area contributed by atoms with Gasteiger partial charge in [-0.1, -0.05) is 31.9 Å². The lowest BCUT2D eigenvalue weighted by molar-refractivity contribution is -0.424. The van der Waals surface area contributed by atoms with Crippen LogP contribution in [0.3, 0.4) is 0 Å². The fourth-order valence-electron chi connectivity index (χ4n) is 1.84. The molecule has 1 rings (SSSR count). The Labute approximate surface area is 171 Å². The molecule has 0 unspecified atom stereocenters. The van der Waals surface area contributed by atoms with Crippen molar-refractivity contribution in [1.82, 2.24) is 0 Å². The van der Waals surface area contributed by atoms with Gasteiger partial charge in [-0.2, -0.15) is 0 Å². The van der Waals surface area contributed by atoms with Crippen molar-refractivity contribution in [2.75, 3.05) is 6.61 Å². The lowest BCUT2D eigenvalue weighted by Gasteiger charge is -2.27. The molecule has 0 spiro atoms. The number of hydrogen-bond acceptors (Lipinski definition) is 10. The molecule has 1 aromatic rings. The summed E-state index contributed by atoms with van der Waals surface area (Å²) in [7, 11) is 0. The van der Waals surface area contributed by atoms with Gasteiger partial charge in [-0.25, -0.2) is 24.0 Å². The summed E-state index contributed by atoms with van der Waals surface area (Å²) in [5.41, 5.74) is -0.572. The second kappa shape index (κ2) is 11.0. The summed E-state index contributed by atoms with van der Waals surface area (Å²) >= 11 is 0. The van der Waals surface area contributed by atoms with Crippen molar-refractivity contribution in [3.8, 4) is 0 Å². The average Bonchev–Trinajstić information content (AvgIpc) is 2.73. The smallest absolute Gasteiger partial charge is 0.462 e. The zero-order chi connectivity index (χ0) is 22.7. The maximum absolute atomic E-state index is 12.7. The van der Waals surface area contributed by atoms with E-state index in [-0.39, 0.29) is 17.7 Å². The SMILES string of the molecule is C=CC(=O)OC(OC(=O)C=C)(OC(=O)C=C)OC(=O)c1ccccc1C(=O)OCC. The highest BCUT2D eigenvalue weighted by molar-refractivity contribution is 6.03. The molecule has 10 nitrogen and oxygen atoms in total. The number of esters is 5. The second-order valence-corrected chi connectivity index (χ2v) is 5.03. The normalized spacial score (nSPS) is 10.0.